The number of anilines is 1. The van der Waals surface area contributed by atoms with Gasteiger partial charge in [0.15, 0.2) is 0 Å². The van der Waals surface area contributed by atoms with Crippen molar-refractivity contribution in [2.45, 2.75) is 18.1 Å². The van der Waals surface area contributed by atoms with E-state index in [-0.39, 0.29) is 5.25 Å². The highest BCUT2D eigenvalue weighted by atomic mass is 32.2. The minimum Gasteiger partial charge on any atom is -0.464 e. The van der Waals surface area contributed by atoms with Gasteiger partial charge in [-0.1, -0.05) is 12.1 Å². The normalized spacial score (nSPS) is 15.6. The number of rotatable bonds is 4. The minimum atomic E-state index is -3.21. The van der Waals surface area contributed by atoms with Crippen LogP contribution in [0.1, 0.15) is 12.8 Å². The smallest absolute Gasteiger partial charge is 0.235 e. The van der Waals surface area contributed by atoms with Gasteiger partial charge in [0, 0.05) is 11.3 Å². The molecular formula is C13H13NO3S. The first kappa shape index (κ1) is 11.3. The molecule has 0 spiro atoms. The van der Waals surface area contributed by atoms with Gasteiger partial charge >= 0.3 is 0 Å². The van der Waals surface area contributed by atoms with Crippen molar-refractivity contribution in [1.29, 1.82) is 0 Å². The van der Waals surface area contributed by atoms with Crippen molar-refractivity contribution in [2.75, 3.05) is 4.72 Å². The van der Waals surface area contributed by atoms with Gasteiger partial charge in [0.1, 0.15) is 5.76 Å². The summed E-state index contributed by atoms with van der Waals surface area (Å²) in [4.78, 5) is 0. The maximum Gasteiger partial charge on any atom is 0.235 e. The summed E-state index contributed by atoms with van der Waals surface area (Å²) in [6, 6.07) is 10.9. The fourth-order valence-corrected chi connectivity index (χ4v) is 3.18. The molecule has 5 heteroatoms. The molecular weight excluding hydrogens is 250 g/mol. The van der Waals surface area contributed by atoms with Gasteiger partial charge in [-0.3, -0.25) is 4.72 Å². The van der Waals surface area contributed by atoms with Crippen LogP contribution in [0.2, 0.25) is 0 Å². The zero-order valence-corrected chi connectivity index (χ0v) is 10.5. The van der Waals surface area contributed by atoms with Crippen molar-refractivity contribution < 1.29 is 12.8 Å². The number of benzene rings is 1. The van der Waals surface area contributed by atoms with Crippen LogP contribution in [0.25, 0.3) is 11.3 Å². The molecule has 0 bridgehead atoms. The topological polar surface area (TPSA) is 59.3 Å². The van der Waals surface area contributed by atoms with E-state index < -0.39 is 10.0 Å². The highest BCUT2D eigenvalue weighted by Gasteiger charge is 2.35. The van der Waals surface area contributed by atoms with Gasteiger partial charge in [-0.15, -0.1) is 0 Å². The number of furan rings is 1. The van der Waals surface area contributed by atoms with E-state index in [0.29, 0.717) is 5.69 Å². The van der Waals surface area contributed by atoms with E-state index >= 15 is 0 Å². The molecule has 2 aromatic rings. The summed E-state index contributed by atoms with van der Waals surface area (Å²) in [5, 5.41) is -0.218. The Bertz CT molecular complexity index is 643. The zero-order valence-electron chi connectivity index (χ0n) is 9.67. The summed E-state index contributed by atoms with van der Waals surface area (Å²) in [6.45, 7) is 0. The fourth-order valence-electron chi connectivity index (χ4n) is 1.80. The van der Waals surface area contributed by atoms with Gasteiger partial charge < -0.3 is 4.42 Å². The average molecular weight is 263 g/mol. The second kappa shape index (κ2) is 4.17. The molecule has 0 amide bonds. The summed E-state index contributed by atoms with van der Waals surface area (Å²) in [6.07, 6.45) is 3.11. The Labute approximate surface area is 106 Å². The standard InChI is InChI=1S/C13H13NO3S/c15-18(16,12-6-7-12)14-11-4-1-3-10(9-11)13-5-2-8-17-13/h1-5,8-9,12,14H,6-7H2. The van der Waals surface area contributed by atoms with Gasteiger partial charge in [-0.05, 0) is 37.1 Å². The summed E-state index contributed by atoms with van der Waals surface area (Å²) < 4.78 is 31.6. The minimum absolute atomic E-state index is 0.218. The van der Waals surface area contributed by atoms with Gasteiger partial charge in [-0.25, -0.2) is 8.42 Å². The molecule has 1 fully saturated rings. The predicted molar refractivity (Wildman–Crippen MR) is 69.7 cm³/mol. The first-order chi connectivity index (χ1) is 8.65. The van der Waals surface area contributed by atoms with Gasteiger partial charge in [0.2, 0.25) is 10.0 Å². The molecule has 0 radical (unpaired) electrons. The number of nitrogens with one attached hydrogen (secondary N) is 1. The van der Waals surface area contributed by atoms with Crippen LogP contribution in [0.3, 0.4) is 0 Å². The maximum absolute atomic E-state index is 11.8. The highest BCUT2D eigenvalue weighted by molar-refractivity contribution is 7.93. The summed E-state index contributed by atoms with van der Waals surface area (Å²) in [5.41, 5.74) is 1.44. The Morgan fingerprint density at radius 2 is 2.00 bits per heavy atom. The molecule has 3 rings (SSSR count). The first-order valence-corrected chi connectivity index (χ1v) is 7.35. The Kier molecular flexibility index (Phi) is 2.63. The van der Waals surface area contributed by atoms with E-state index in [4.69, 9.17) is 4.42 Å². The van der Waals surface area contributed by atoms with Gasteiger partial charge in [0.05, 0.1) is 11.5 Å². The second-order valence-electron chi connectivity index (χ2n) is 4.40. The van der Waals surface area contributed by atoms with Crippen molar-refractivity contribution in [3.8, 4) is 11.3 Å². The molecule has 94 valence electrons. The lowest BCUT2D eigenvalue weighted by Crippen LogP contribution is -2.17. The van der Waals surface area contributed by atoms with E-state index in [1.54, 1.807) is 24.5 Å². The number of hydrogen-bond donors (Lipinski definition) is 1. The lowest BCUT2D eigenvalue weighted by Gasteiger charge is -2.07. The quantitative estimate of drug-likeness (QED) is 0.922. The van der Waals surface area contributed by atoms with E-state index in [1.165, 1.54) is 0 Å². The molecule has 0 atom stereocenters. The van der Waals surface area contributed by atoms with E-state index in [2.05, 4.69) is 4.72 Å². The van der Waals surface area contributed by atoms with Crippen LogP contribution in [0.15, 0.2) is 47.1 Å². The lowest BCUT2D eigenvalue weighted by molar-refractivity contribution is 0.582. The SMILES string of the molecule is O=S(=O)(Nc1cccc(-c2ccco2)c1)C1CC1. The monoisotopic (exact) mass is 263 g/mol. The predicted octanol–water partition coefficient (Wildman–Crippen LogP) is 2.85. The first-order valence-electron chi connectivity index (χ1n) is 5.81. The molecule has 1 heterocycles. The van der Waals surface area contributed by atoms with Crippen molar-refractivity contribution in [1.82, 2.24) is 0 Å². The van der Waals surface area contributed by atoms with Crippen molar-refractivity contribution >= 4 is 15.7 Å². The number of hydrogen-bond acceptors (Lipinski definition) is 3. The maximum atomic E-state index is 11.8. The molecule has 4 nitrogen and oxygen atoms in total. The molecule has 1 aromatic carbocycles. The third-order valence-corrected chi connectivity index (χ3v) is 4.76. The third-order valence-electron chi connectivity index (χ3n) is 2.89. The van der Waals surface area contributed by atoms with Crippen LogP contribution in [0, 0.1) is 0 Å². The molecule has 1 aliphatic carbocycles. The van der Waals surface area contributed by atoms with Gasteiger partial charge in [-0.2, -0.15) is 0 Å². The van der Waals surface area contributed by atoms with E-state index in [9.17, 15) is 8.42 Å². The largest absolute Gasteiger partial charge is 0.464 e. The van der Waals surface area contributed by atoms with Crippen LogP contribution in [-0.2, 0) is 10.0 Å². The van der Waals surface area contributed by atoms with Crippen LogP contribution >= 0.6 is 0 Å². The lowest BCUT2D eigenvalue weighted by atomic mass is 10.1. The molecule has 0 unspecified atom stereocenters. The summed E-state index contributed by atoms with van der Waals surface area (Å²) in [7, 11) is -3.21. The molecule has 1 aliphatic rings. The Morgan fingerprint density at radius 3 is 2.67 bits per heavy atom. The van der Waals surface area contributed by atoms with Crippen LogP contribution in [0.4, 0.5) is 5.69 Å². The highest BCUT2D eigenvalue weighted by Crippen LogP contribution is 2.30. The number of sulfonamides is 1. The van der Waals surface area contributed by atoms with Gasteiger partial charge in [0.25, 0.3) is 0 Å². The molecule has 1 aromatic heterocycles. The Morgan fingerprint density at radius 1 is 1.17 bits per heavy atom. The summed E-state index contributed by atoms with van der Waals surface area (Å²) >= 11 is 0. The van der Waals surface area contributed by atoms with E-state index in [0.717, 1.165) is 24.2 Å². The Hall–Kier alpha value is -1.75. The van der Waals surface area contributed by atoms with Crippen LogP contribution in [-0.4, -0.2) is 13.7 Å². The van der Waals surface area contributed by atoms with Crippen LogP contribution < -0.4 is 4.72 Å². The average Bonchev–Trinajstić information content (AvgIpc) is 3.06. The molecule has 1 saturated carbocycles. The molecule has 0 aliphatic heterocycles. The third kappa shape index (κ3) is 2.26. The fraction of sp³-hybridized carbons (Fsp3) is 0.231. The van der Waals surface area contributed by atoms with Crippen molar-refractivity contribution in [3.05, 3.63) is 42.7 Å². The Balaban J connectivity index is 1.87. The van der Waals surface area contributed by atoms with Crippen LogP contribution in [0.5, 0.6) is 0 Å². The van der Waals surface area contributed by atoms with Crippen molar-refractivity contribution in [2.24, 2.45) is 0 Å². The van der Waals surface area contributed by atoms with Crippen molar-refractivity contribution in [3.63, 3.8) is 0 Å². The molecule has 18 heavy (non-hydrogen) atoms. The molecule has 1 N–H and O–H groups in total. The summed E-state index contributed by atoms with van der Waals surface area (Å²) in [5.74, 6) is 0.725. The zero-order chi connectivity index (χ0) is 12.6. The molecule has 0 saturated heterocycles. The second-order valence-corrected chi connectivity index (χ2v) is 6.37. The van der Waals surface area contributed by atoms with E-state index in [1.807, 2.05) is 18.2 Å².